The van der Waals surface area contributed by atoms with E-state index in [0.717, 1.165) is 45.2 Å². The summed E-state index contributed by atoms with van der Waals surface area (Å²) >= 11 is 0. The zero-order chi connectivity index (χ0) is 12.8. The molecule has 1 aromatic rings. The quantitative estimate of drug-likeness (QED) is 0.889. The number of carboxylic acid groups (broad SMARTS) is 1. The van der Waals surface area contributed by atoms with Crippen molar-refractivity contribution in [1.82, 2.24) is 4.90 Å². The van der Waals surface area contributed by atoms with E-state index < -0.39 is 5.97 Å². The Hall–Kier alpha value is -1.35. The molecule has 1 saturated heterocycles. The molecule has 0 amide bonds. The molecule has 1 unspecified atom stereocenters. The van der Waals surface area contributed by atoms with Crippen LogP contribution in [-0.4, -0.2) is 35.1 Å². The monoisotopic (exact) mass is 247 g/mol. The average Bonchev–Trinajstić information content (AvgIpc) is 2.63. The Morgan fingerprint density at radius 3 is 2.72 bits per heavy atom. The van der Waals surface area contributed by atoms with E-state index in [1.54, 1.807) is 0 Å². The highest BCUT2D eigenvalue weighted by atomic mass is 16.4. The molecule has 2 rings (SSSR count). The van der Waals surface area contributed by atoms with E-state index in [2.05, 4.69) is 17.0 Å². The highest BCUT2D eigenvalue weighted by Gasteiger charge is 2.26. The highest BCUT2D eigenvalue weighted by molar-refractivity contribution is 5.73. The van der Waals surface area contributed by atoms with Crippen LogP contribution in [0.4, 0.5) is 0 Å². The Labute approximate surface area is 108 Å². The number of nitrogens with zero attached hydrogens (tertiary/aromatic N) is 1. The van der Waals surface area contributed by atoms with Gasteiger partial charge < -0.3 is 5.11 Å². The number of hydrogen-bond donors (Lipinski definition) is 1. The van der Waals surface area contributed by atoms with Crippen molar-refractivity contribution in [2.45, 2.75) is 38.1 Å². The van der Waals surface area contributed by atoms with Crippen molar-refractivity contribution < 1.29 is 9.90 Å². The van der Waals surface area contributed by atoms with E-state index in [9.17, 15) is 9.90 Å². The van der Waals surface area contributed by atoms with Crippen LogP contribution in [0.3, 0.4) is 0 Å². The largest absolute Gasteiger partial charge is 0.480 e. The van der Waals surface area contributed by atoms with E-state index in [1.807, 2.05) is 18.2 Å². The van der Waals surface area contributed by atoms with Crippen LogP contribution in [0.2, 0.25) is 0 Å². The van der Waals surface area contributed by atoms with Crippen molar-refractivity contribution in [3.63, 3.8) is 0 Å². The number of hydrogen-bond acceptors (Lipinski definition) is 2. The molecule has 3 heteroatoms. The van der Waals surface area contributed by atoms with Gasteiger partial charge in [0.2, 0.25) is 0 Å². The van der Waals surface area contributed by atoms with Crippen LogP contribution < -0.4 is 0 Å². The molecule has 98 valence electrons. The van der Waals surface area contributed by atoms with E-state index in [-0.39, 0.29) is 6.04 Å². The van der Waals surface area contributed by atoms with E-state index >= 15 is 0 Å². The van der Waals surface area contributed by atoms with Crippen molar-refractivity contribution in [3.8, 4) is 0 Å². The predicted octanol–water partition coefficient (Wildman–Crippen LogP) is 2.56. The fourth-order valence-corrected chi connectivity index (χ4v) is 2.63. The maximum absolute atomic E-state index is 11.3. The molecule has 1 fully saturated rings. The van der Waals surface area contributed by atoms with E-state index in [1.165, 1.54) is 5.56 Å². The number of likely N-dealkylation sites (tertiary alicyclic amines) is 1. The fraction of sp³-hybridized carbons (Fsp3) is 0.533. The van der Waals surface area contributed by atoms with Crippen molar-refractivity contribution in [3.05, 3.63) is 35.9 Å². The third kappa shape index (κ3) is 3.57. The maximum atomic E-state index is 11.3. The molecule has 0 radical (unpaired) electrons. The first-order valence-electron chi connectivity index (χ1n) is 6.78. The summed E-state index contributed by atoms with van der Waals surface area (Å²) in [6.07, 6.45) is 5.05. The van der Waals surface area contributed by atoms with Gasteiger partial charge in [-0.2, -0.15) is 0 Å². The summed E-state index contributed by atoms with van der Waals surface area (Å²) in [7, 11) is 0. The zero-order valence-corrected chi connectivity index (χ0v) is 10.7. The highest BCUT2D eigenvalue weighted by Crippen LogP contribution is 2.17. The van der Waals surface area contributed by atoms with Gasteiger partial charge in [-0.1, -0.05) is 43.2 Å². The van der Waals surface area contributed by atoms with Crippen LogP contribution in [0.15, 0.2) is 30.3 Å². The van der Waals surface area contributed by atoms with Gasteiger partial charge in [-0.3, -0.25) is 9.69 Å². The molecular formula is C15H21NO2. The number of benzene rings is 1. The molecule has 1 aliphatic heterocycles. The lowest BCUT2D eigenvalue weighted by Gasteiger charge is -2.26. The molecule has 18 heavy (non-hydrogen) atoms. The van der Waals surface area contributed by atoms with Crippen LogP contribution in [0.1, 0.15) is 31.2 Å². The topological polar surface area (TPSA) is 40.5 Å². The number of carbonyl (C=O) groups is 1. The SMILES string of the molecule is O=C(O)C1CCCCCN1CCc1ccccc1. The molecule has 1 N–H and O–H groups in total. The summed E-state index contributed by atoms with van der Waals surface area (Å²) in [4.78, 5) is 13.4. The standard InChI is InChI=1S/C15H21NO2/c17-15(18)14-9-5-2-6-11-16(14)12-10-13-7-3-1-4-8-13/h1,3-4,7-8,14H,2,5-6,9-12H2,(H,17,18). The summed E-state index contributed by atoms with van der Waals surface area (Å²) in [5.74, 6) is -0.662. The van der Waals surface area contributed by atoms with Gasteiger partial charge in [-0.25, -0.2) is 0 Å². The van der Waals surface area contributed by atoms with Gasteiger partial charge in [0.1, 0.15) is 6.04 Å². The van der Waals surface area contributed by atoms with Gasteiger partial charge in [0.25, 0.3) is 0 Å². The summed E-state index contributed by atoms with van der Waals surface area (Å²) < 4.78 is 0. The van der Waals surface area contributed by atoms with Gasteiger partial charge in [-0.05, 0) is 31.4 Å². The second kappa shape index (κ2) is 6.55. The Bertz CT molecular complexity index is 377. The Balaban J connectivity index is 1.94. The van der Waals surface area contributed by atoms with Gasteiger partial charge in [-0.15, -0.1) is 0 Å². The minimum atomic E-state index is -0.662. The molecule has 0 aromatic heterocycles. The van der Waals surface area contributed by atoms with Gasteiger partial charge in [0, 0.05) is 6.54 Å². The van der Waals surface area contributed by atoms with Crippen molar-refractivity contribution >= 4 is 5.97 Å². The lowest BCUT2D eigenvalue weighted by molar-refractivity contribution is -0.143. The minimum Gasteiger partial charge on any atom is -0.480 e. The van der Waals surface area contributed by atoms with Crippen molar-refractivity contribution in [2.24, 2.45) is 0 Å². The number of carboxylic acids is 1. The van der Waals surface area contributed by atoms with Crippen LogP contribution in [0.5, 0.6) is 0 Å². The van der Waals surface area contributed by atoms with Gasteiger partial charge >= 0.3 is 5.97 Å². The molecule has 1 aliphatic rings. The summed E-state index contributed by atoms with van der Waals surface area (Å²) in [6.45, 7) is 1.77. The molecule has 1 aromatic carbocycles. The van der Waals surface area contributed by atoms with Crippen LogP contribution >= 0.6 is 0 Å². The van der Waals surface area contributed by atoms with Crippen molar-refractivity contribution in [1.29, 1.82) is 0 Å². The van der Waals surface area contributed by atoms with Crippen molar-refractivity contribution in [2.75, 3.05) is 13.1 Å². The normalized spacial score (nSPS) is 21.4. The first kappa shape index (κ1) is 13.1. The molecule has 0 bridgehead atoms. The fourth-order valence-electron chi connectivity index (χ4n) is 2.63. The third-order valence-electron chi connectivity index (χ3n) is 3.68. The molecule has 0 saturated carbocycles. The van der Waals surface area contributed by atoms with Crippen LogP contribution in [0.25, 0.3) is 0 Å². The molecular weight excluding hydrogens is 226 g/mol. The van der Waals surface area contributed by atoms with Gasteiger partial charge in [0.05, 0.1) is 0 Å². The maximum Gasteiger partial charge on any atom is 0.320 e. The Kier molecular flexibility index (Phi) is 4.76. The molecule has 0 aliphatic carbocycles. The first-order valence-corrected chi connectivity index (χ1v) is 6.78. The molecule has 1 atom stereocenters. The second-order valence-electron chi connectivity index (χ2n) is 4.97. The number of rotatable bonds is 4. The van der Waals surface area contributed by atoms with Crippen LogP contribution in [0, 0.1) is 0 Å². The lowest BCUT2D eigenvalue weighted by Crippen LogP contribution is -2.41. The smallest absolute Gasteiger partial charge is 0.320 e. The summed E-state index contributed by atoms with van der Waals surface area (Å²) in [5, 5.41) is 9.29. The molecule has 0 spiro atoms. The van der Waals surface area contributed by atoms with E-state index in [0.29, 0.717) is 0 Å². The summed E-state index contributed by atoms with van der Waals surface area (Å²) in [6, 6.07) is 10.0. The zero-order valence-electron chi connectivity index (χ0n) is 10.7. The number of aliphatic carboxylic acids is 1. The van der Waals surface area contributed by atoms with E-state index in [4.69, 9.17) is 0 Å². The molecule has 3 nitrogen and oxygen atoms in total. The first-order chi connectivity index (χ1) is 8.77. The second-order valence-corrected chi connectivity index (χ2v) is 4.97. The minimum absolute atomic E-state index is 0.281. The van der Waals surface area contributed by atoms with Gasteiger partial charge in [0.15, 0.2) is 0 Å². The van der Waals surface area contributed by atoms with Crippen LogP contribution in [-0.2, 0) is 11.2 Å². The lowest BCUT2D eigenvalue weighted by atomic mass is 10.1. The summed E-state index contributed by atoms with van der Waals surface area (Å²) in [5.41, 5.74) is 1.28. The Morgan fingerprint density at radius 2 is 2.00 bits per heavy atom. The Morgan fingerprint density at radius 1 is 1.22 bits per heavy atom. The third-order valence-corrected chi connectivity index (χ3v) is 3.68. The predicted molar refractivity (Wildman–Crippen MR) is 71.6 cm³/mol. The average molecular weight is 247 g/mol. The molecule has 1 heterocycles.